The van der Waals surface area contributed by atoms with Crippen LogP contribution in [-0.2, 0) is 0 Å². The zero-order valence-electron chi connectivity index (χ0n) is 7.03. The Balaban J connectivity index is 2.53. The molecule has 68 valence electrons. The maximum Gasteiger partial charge on any atom is 0.140 e. The predicted molar refractivity (Wildman–Crippen MR) is 46.5 cm³/mol. The highest BCUT2D eigenvalue weighted by Gasteiger charge is 2.05. The van der Waals surface area contributed by atoms with Crippen LogP contribution in [0.5, 0.6) is 0 Å². The van der Waals surface area contributed by atoms with Gasteiger partial charge in [-0.15, -0.1) is 5.10 Å². The minimum atomic E-state index is -0.524. The van der Waals surface area contributed by atoms with Gasteiger partial charge in [0.1, 0.15) is 11.9 Å². The Labute approximate surface area is 79.0 Å². The summed E-state index contributed by atoms with van der Waals surface area (Å²) in [6.07, 6.45) is 1.51. The Morgan fingerprint density at radius 2 is 2.29 bits per heavy atom. The normalized spacial score (nSPS) is 9.71. The Kier molecular flexibility index (Phi) is 1.95. The van der Waals surface area contributed by atoms with Crippen molar-refractivity contribution in [3.63, 3.8) is 0 Å². The van der Waals surface area contributed by atoms with E-state index in [2.05, 4.69) is 15.4 Å². The molecule has 0 atom stereocenters. The fourth-order valence-corrected chi connectivity index (χ4v) is 1.12. The summed E-state index contributed by atoms with van der Waals surface area (Å²) in [5.74, 6) is -0.524. The van der Waals surface area contributed by atoms with Crippen molar-refractivity contribution in [3.05, 3.63) is 35.8 Å². The number of H-pyrrole nitrogens is 1. The minimum absolute atomic E-state index is 0.0112. The van der Waals surface area contributed by atoms with Crippen LogP contribution in [0.1, 0.15) is 5.56 Å². The van der Waals surface area contributed by atoms with Crippen molar-refractivity contribution in [1.29, 1.82) is 5.26 Å². The minimum Gasteiger partial charge on any atom is -0.258 e. The largest absolute Gasteiger partial charge is 0.258 e. The molecule has 2 aromatic rings. The summed E-state index contributed by atoms with van der Waals surface area (Å²) in [4.78, 5) is 0. The van der Waals surface area contributed by atoms with Gasteiger partial charge in [-0.25, -0.2) is 4.39 Å². The van der Waals surface area contributed by atoms with Crippen LogP contribution in [0.3, 0.4) is 0 Å². The standard InChI is InChI=1S/C9H5FN4/c10-8-2-1-6(3-7(8)4-11)9-5-12-14-13-9/h1-3,5H,(H,12,13,14). The van der Waals surface area contributed by atoms with Crippen LogP contribution in [0, 0.1) is 17.1 Å². The first-order valence-corrected chi connectivity index (χ1v) is 3.87. The first kappa shape index (κ1) is 8.38. The molecule has 2 rings (SSSR count). The molecule has 5 heteroatoms. The van der Waals surface area contributed by atoms with Gasteiger partial charge in [-0.2, -0.15) is 5.26 Å². The molecule has 0 aliphatic rings. The van der Waals surface area contributed by atoms with Crippen molar-refractivity contribution in [2.24, 2.45) is 0 Å². The zero-order chi connectivity index (χ0) is 9.97. The van der Waals surface area contributed by atoms with E-state index in [1.807, 2.05) is 0 Å². The third kappa shape index (κ3) is 1.33. The van der Waals surface area contributed by atoms with Crippen LogP contribution < -0.4 is 0 Å². The Bertz CT molecular complexity index is 484. The summed E-state index contributed by atoms with van der Waals surface area (Å²) in [5, 5.41) is 18.4. The van der Waals surface area contributed by atoms with Crippen LogP contribution in [0.25, 0.3) is 11.3 Å². The van der Waals surface area contributed by atoms with Gasteiger partial charge in [0.2, 0.25) is 0 Å². The predicted octanol–water partition coefficient (Wildman–Crippen LogP) is 1.48. The van der Waals surface area contributed by atoms with E-state index in [4.69, 9.17) is 5.26 Å². The van der Waals surface area contributed by atoms with E-state index in [1.165, 1.54) is 18.3 Å². The lowest BCUT2D eigenvalue weighted by Crippen LogP contribution is -1.85. The molecule has 0 unspecified atom stereocenters. The highest BCUT2D eigenvalue weighted by atomic mass is 19.1. The molecule has 0 bridgehead atoms. The lowest BCUT2D eigenvalue weighted by Gasteiger charge is -1.97. The summed E-state index contributed by atoms with van der Waals surface area (Å²) in [7, 11) is 0. The molecule has 0 amide bonds. The van der Waals surface area contributed by atoms with Gasteiger partial charge < -0.3 is 0 Å². The molecule has 0 saturated carbocycles. The summed E-state index contributed by atoms with van der Waals surface area (Å²) in [5.41, 5.74) is 1.35. The number of hydrogen-bond donors (Lipinski definition) is 1. The molecular formula is C9H5FN4. The van der Waals surface area contributed by atoms with Gasteiger partial charge in [-0.05, 0) is 18.2 Å². The van der Waals surface area contributed by atoms with Gasteiger partial charge in [-0.1, -0.05) is 5.21 Å². The molecule has 14 heavy (non-hydrogen) atoms. The topological polar surface area (TPSA) is 65.4 Å². The smallest absolute Gasteiger partial charge is 0.140 e. The molecule has 0 aliphatic carbocycles. The van der Waals surface area contributed by atoms with Crippen molar-refractivity contribution < 1.29 is 4.39 Å². The van der Waals surface area contributed by atoms with Crippen LogP contribution in [0.2, 0.25) is 0 Å². The molecule has 0 saturated heterocycles. The third-order valence-electron chi connectivity index (χ3n) is 1.81. The lowest BCUT2D eigenvalue weighted by atomic mass is 10.1. The van der Waals surface area contributed by atoms with Crippen molar-refractivity contribution in [3.8, 4) is 17.3 Å². The average molecular weight is 188 g/mol. The van der Waals surface area contributed by atoms with Gasteiger partial charge >= 0.3 is 0 Å². The average Bonchev–Trinajstić information content (AvgIpc) is 2.71. The molecule has 0 fully saturated rings. The quantitative estimate of drug-likeness (QED) is 0.737. The fraction of sp³-hybridized carbons (Fsp3) is 0. The Morgan fingerprint density at radius 3 is 2.93 bits per heavy atom. The SMILES string of the molecule is N#Cc1cc(-c2cnn[nH]2)ccc1F. The second-order valence-electron chi connectivity index (χ2n) is 2.68. The summed E-state index contributed by atoms with van der Waals surface area (Å²) in [6.45, 7) is 0. The van der Waals surface area contributed by atoms with Crippen molar-refractivity contribution in [2.45, 2.75) is 0 Å². The van der Waals surface area contributed by atoms with Gasteiger partial charge in [0, 0.05) is 5.56 Å². The summed E-state index contributed by atoms with van der Waals surface area (Å²) in [6, 6.07) is 6.02. The van der Waals surface area contributed by atoms with Gasteiger partial charge in [0.25, 0.3) is 0 Å². The number of nitrogens with one attached hydrogen (secondary N) is 1. The maximum atomic E-state index is 12.9. The number of halogens is 1. The molecule has 1 heterocycles. The van der Waals surface area contributed by atoms with E-state index >= 15 is 0 Å². The summed E-state index contributed by atoms with van der Waals surface area (Å²) < 4.78 is 12.9. The molecule has 1 aromatic carbocycles. The van der Waals surface area contributed by atoms with Crippen LogP contribution in [0.15, 0.2) is 24.4 Å². The number of nitriles is 1. The first-order chi connectivity index (χ1) is 6.81. The lowest BCUT2D eigenvalue weighted by molar-refractivity contribution is 0.624. The molecule has 1 N–H and O–H groups in total. The summed E-state index contributed by atoms with van der Waals surface area (Å²) >= 11 is 0. The van der Waals surface area contributed by atoms with Gasteiger partial charge in [0.05, 0.1) is 17.5 Å². The van der Waals surface area contributed by atoms with Gasteiger partial charge in [-0.3, -0.25) is 5.10 Å². The molecule has 1 aromatic heterocycles. The van der Waals surface area contributed by atoms with E-state index in [0.29, 0.717) is 11.3 Å². The number of aromatic amines is 1. The Morgan fingerprint density at radius 1 is 1.43 bits per heavy atom. The van der Waals surface area contributed by atoms with Crippen molar-refractivity contribution in [1.82, 2.24) is 15.4 Å². The van der Waals surface area contributed by atoms with Crippen LogP contribution in [-0.4, -0.2) is 15.4 Å². The molecular weight excluding hydrogens is 183 g/mol. The number of hydrogen-bond acceptors (Lipinski definition) is 3. The number of rotatable bonds is 1. The first-order valence-electron chi connectivity index (χ1n) is 3.87. The van der Waals surface area contributed by atoms with E-state index in [1.54, 1.807) is 12.1 Å². The third-order valence-corrected chi connectivity index (χ3v) is 1.81. The van der Waals surface area contributed by atoms with E-state index < -0.39 is 5.82 Å². The molecule has 0 spiro atoms. The van der Waals surface area contributed by atoms with Crippen molar-refractivity contribution >= 4 is 0 Å². The monoisotopic (exact) mass is 188 g/mol. The zero-order valence-corrected chi connectivity index (χ0v) is 7.03. The van der Waals surface area contributed by atoms with E-state index in [0.717, 1.165) is 0 Å². The maximum absolute atomic E-state index is 12.9. The molecule has 0 radical (unpaired) electrons. The Hall–Kier alpha value is -2.22. The van der Waals surface area contributed by atoms with Crippen LogP contribution in [0.4, 0.5) is 4.39 Å². The van der Waals surface area contributed by atoms with Gasteiger partial charge in [0.15, 0.2) is 0 Å². The molecule has 4 nitrogen and oxygen atoms in total. The van der Waals surface area contributed by atoms with E-state index in [-0.39, 0.29) is 5.56 Å². The highest BCUT2D eigenvalue weighted by Crippen LogP contribution is 2.18. The number of benzene rings is 1. The van der Waals surface area contributed by atoms with Crippen LogP contribution >= 0.6 is 0 Å². The van der Waals surface area contributed by atoms with E-state index in [9.17, 15) is 4.39 Å². The second-order valence-corrected chi connectivity index (χ2v) is 2.68. The molecule has 0 aliphatic heterocycles. The highest BCUT2D eigenvalue weighted by molar-refractivity contribution is 5.60. The van der Waals surface area contributed by atoms with Crippen molar-refractivity contribution in [2.75, 3.05) is 0 Å². The number of aromatic nitrogens is 3. The fourth-order valence-electron chi connectivity index (χ4n) is 1.12. The number of nitrogens with zero attached hydrogens (tertiary/aromatic N) is 3. The second kappa shape index (κ2) is 3.26.